The van der Waals surface area contributed by atoms with Crippen molar-refractivity contribution < 1.29 is 9.53 Å². The van der Waals surface area contributed by atoms with E-state index in [1.54, 1.807) is 0 Å². The minimum atomic E-state index is -0.312. The zero-order valence-electron chi connectivity index (χ0n) is 14.2. The van der Waals surface area contributed by atoms with E-state index < -0.39 is 0 Å². The van der Waals surface area contributed by atoms with Gasteiger partial charge in [-0.2, -0.15) is 0 Å². The molecule has 0 aromatic heterocycles. The number of ketones is 1. The summed E-state index contributed by atoms with van der Waals surface area (Å²) in [5.74, 6) is 1.16. The molecule has 2 fully saturated rings. The second-order valence-electron chi connectivity index (χ2n) is 8.67. The lowest BCUT2D eigenvalue weighted by Crippen LogP contribution is -2.42. The Morgan fingerprint density at radius 1 is 1.15 bits per heavy atom. The van der Waals surface area contributed by atoms with Gasteiger partial charge >= 0.3 is 0 Å². The van der Waals surface area contributed by atoms with Crippen molar-refractivity contribution in [3.8, 4) is 0 Å². The largest absolute Gasteiger partial charge is 0.369 e. The van der Waals surface area contributed by atoms with Crippen LogP contribution in [0.25, 0.3) is 0 Å². The Morgan fingerprint density at radius 2 is 1.70 bits per heavy atom. The number of carbonyl (C=O) groups excluding carboxylic acids is 1. The first kappa shape index (κ1) is 16.0. The lowest BCUT2D eigenvalue weighted by molar-refractivity contribution is -0.140. The van der Waals surface area contributed by atoms with E-state index in [9.17, 15) is 4.79 Å². The minimum Gasteiger partial charge on any atom is -0.369 e. The summed E-state index contributed by atoms with van der Waals surface area (Å²) in [5, 5.41) is 0. The fraction of sp³-hybridized carbons (Fsp3) is 0.944. The van der Waals surface area contributed by atoms with Crippen LogP contribution in [0.15, 0.2) is 0 Å². The maximum atomic E-state index is 13.3. The third-order valence-corrected chi connectivity index (χ3v) is 5.27. The molecule has 0 bridgehead atoms. The summed E-state index contributed by atoms with van der Waals surface area (Å²) in [6, 6.07) is 0. The van der Waals surface area contributed by atoms with E-state index in [1.165, 1.54) is 12.8 Å². The van der Waals surface area contributed by atoms with Gasteiger partial charge in [0.1, 0.15) is 5.78 Å². The van der Waals surface area contributed by atoms with Gasteiger partial charge in [-0.1, -0.05) is 26.7 Å². The topological polar surface area (TPSA) is 26.3 Å². The molecule has 0 N–H and O–H groups in total. The predicted molar refractivity (Wildman–Crippen MR) is 82.7 cm³/mol. The second-order valence-corrected chi connectivity index (χ2v) is 8.67. The molecule has 0 amide bonds. The van der Waals surface area contributed by atoms with Crippen LogP contribution in [0.4, 0.5) is 0 Å². The first-order valence-corrected chi connectivity index (χ1v) is 8.33. The number of carbonyl (C=O) groups is 1. The van der Waals surface area contributed by atoms with E-state index in [0.29, 0.717) is 11.7 Å². The maximum absolute atomic E-state index is 13.3. The molecule has 1 saturated carbocycles. The quantitative estimate of drug-likeness (QED) is 0.742. The van der Waals surface area contributed by atoms with E-state index in [2.05, 4.69) is 41.5 Å². The third kappa shape index (κ3) is 2.95. The molecule has 2 nitrogen and oxygen atoms in total. The van der Waals surface area contributed by atoms with E-state index in [4.69, 9.17) is 4.74 Å². The number of rotatable bonds is 4. The number of ether oxygens (including phenoxy) is 1. The van der Waals surface area contributed by atoms with Gasteiger partial charge in [0.25, 0.3) is 0 Å². The summed E-state index contributed by atoms with van der Waals surface area (Å²) in [7, 11) is 0. The molecule has 1 aliphatic carbocycles. The molecule has 2 heteroatoms. The number of hydrogen-bond acceptors (Lipinski definition) is 2. The average molecular weight is 280 g/mol. The number of Topliss-reactive ketones (excluding diaryl/α,β-unsaturated/α-hetero) is 1. The van der Waals surface area contributed by atoms with Gasteiger partial charge in [-0.3, -0.25) is 4.79 Å². The normalized spacial score (nSPS) is 30.9. The van der Waals surface area contributed by atoms with E-state index in [0.717, 1.165) is 25.7 Å². The maximum Gasteiger partial charge on any atom is 0.145 e. The molecule has 1 saturated heterocycles. The van der Waals surface area contributed by atoms with Crippen LogP contribution >= 0.6 is 0 Å². The van der Waals surface area contributed by atoms with Gasteiger partial charge in [-0.25, -0.2) is 0 Å². The van der Waals surface area contributed by atoms with Crippen LogP contribution in [-0.2, 0) is 9.53 Å². The van der Waals surface area contributed by atoms with Crippen molar-refractivity contribution in [1.82, 2.24) is 0 Å². The smallest absolute Gasteiger partial charge is 0.145 e. The van der Waals surface area contributed by atoms with Crippen LogP contribution in [0.2, 0.25) is 0 Å². The summed E-state index contributed by atoms with van der Waals surface area (Å²) < 4.78 is 6.16. The fourth-order valence-electron chi connectivity index (χ4n) is 4.72. The molecule has 0 aromatic carbocycles. The molecule has 2 aliphatic rings. The first-order chi connectivity index (χ1) is 9.08. The SMILES string of the molecule is CC(C)CC1(C(=O)C2CC(C)(C)OC2(C)C)CCCC1. The Morgan fingerprint density at radius 3 is 2.10 bits per heavy atom. The molecule has 0 spiro atoms. The lowest BCUT2D eigenvalue weighted by Gasteiger charge is -2.35. The minimum absolute atomic E-state index is 0.0557. The van der Waals surface area contributed by atoms with Crippen molar-refractivity contribution in [3.05, 3.63) is 0 Å². The van der Waals surface area contributed by atoms with Crippen LogP contribution in [0.1, 0.15) is 80.1 Å². The fourth-order valence-corrected chi connectivity index (χ4v) is 4.72. The van der Waals surface area contributed by atoms with Crippen LogP contribution in [0, 0.1) is 17.3 Å². The molecule has 20 heavy (non-hydrogen) atoms. The Hall–Kier alpha value is -0.370. The van der Waals surface area contributed by atoms with Gasteiger partial charge < -0.3 is 4.74 Å². The Balaban J connectivity index is 2.24. The molecular formula is C18H32O2. The summed E-state index contributed by atoms with van der Waals surface area (Å²) >= 11 is 0. The third-order valence-electron chi connectivity index (χ3n) is 5.27. The van der Waals surface area contributed by atoms with Crippen molar-refractivity contribution in [2.24, 2.45) is 17.3 Å². The van der Waals surface area contributed by atoms with Gasteiger partial charge in [0, 0.05) is 11.3 Å². The summed E-state index contributed by atoms with van der Waals surface area (Å²) in [6.45, 7) is 12.9. The molecule has 2 rings (SSSR count). The van der Waals surface area contributed by atoms with Crippen LogP contribution < -0.4 is 0 Å². The monoisotopic (exact) mass is 280 g/mol. The standard InChI is InChI=1S/C18H32O2/c1-13(2)11-18(9-7-8-10-18)15(19)14-12-16(3,4)20-17(14,5)6/h13-14H,7-12H2,1-6H3. The van der Waals surface area contributed by atoms with E-state index >= 15 is 0 Å². The van der Waals surface area contributed by atoms with E-state index in [1.807, 2.05) is 0 Å². The molecule has 116 valence electrons. The second kappa shape index (κ2) is 5.12. The van der Waals surface area contributed by atoms with Gasteiger partial charge in [0.15, 0.2) is 0 Å². The van der Waals surface area contributed by atoms with Crippen LogP contribution in [0.5, 0.6) is 0 Å². The van der Waals surface area contributed by atoms with Crippen LogP contribution in [0.3, 0.4) is 0 Å². The zero-order valence-corrected chi connectivity index (χ0v) is 14.2. The highest BCUT2D eigenvalue weighted by molar-refractivity contribution is 5.88. The molecule has 1 unspecified atom stereocenters. The Kier molecular flexibility index (Phi) is 4.10. The predicted octanol–water partition coefficient (Wildman–Crippen LogP) is 4.76. The number of hydrogen-bond donors (Lipinski definition) is 0. The van der Waals surface area contributed by atoms with Crippen molar-refractivity contribution in [3.63, 3.8) is 0 Å². The Bertz CT molecular complexity index is 373. The van der Waals surface area contributed by atoms with Crippen molar-refractivity contribution in [1.29, 1.82) is 0 Å². The Labute approximate surface area is 124 Å². The van der Waals surface area contributed by atoms with E-state index in [-0.39, 0.29) is 22.5 Å². The van der Waals surface area contributed by atoms with Crippen molar-refractivity contribution in [2.75, 3.05) is 0 Å². The molecular weight excluding hydrogens is 248 g/mol. The molecule has 0 radical (unpaired) electrons. The summed E-state index contributed by atoms with van der Waals surface area (Å²) in [4.78, 5) is 13.3. The van der Waals surface area contributed by atoms with Gasteiger partial charge in [-0.15, -0.1) is 0 Å². The summed E-state index contributed by atoms with van der Waals surface area (Å²) in [5.41, 5.74) is -0.533. The molecule has 1 atom stereocenters. The summed E-state index contributed by atoms with van der Waals surface area (Å²) in [6.07, 6.45) is 6.55. The lowest BCUT2D eigenvalue weighted by atomic mass is 9.67. The van der Waals surface area contributed by atoms with Crippen molar-refractivity contribution in [2.45, 2.75) is 91.3 Å². The highest BCUT2D eigenvalue weighted by atomic mass is 16.5. The first-order valence-electron chi connectivity index (χ1n) is 8.33. The van der Waals surface area contributed by atoms with Gasteiger partial charge in [0.2, 0.25) is 0 Å². The highest BCUT2D eigenvalue weighted by Crippen LogP contribution is 2.51. The van der Waals surface area contributed by atoms with Crippen molar-refractivity contribution >= 4 is 5.78 Å². The highest BCUT2D eigenvalue weighted by Gasteiger charge is 2.54. The molecule has 0 aromatic rings. The zero-order chi connectivity index (χ0) is 15.2. The molecule has 1 aliphatic heterocycles. The average Bonchev–Trinajstić information content (AvgIpc) is 2.79. The molecule has 1 heterocycles. The van der Waals surface area contributed by atoms with Gasteiger partial charge in [-0.05, 0) is 59.3 Å². The van der Waals surface area contributed by atoms with Crippen LogP contribution in [-0.4, -0.2) is 17.0 Å². The van der Waals surface area contributed by atoms with Gasteiger partial charge in [0.05, 0.1) is 11.2 Å².